The van der Waals surface area contributed by atoms with Gasteiger partial charge in [-0.05, 0) is 66.9 Å². The van der Waals surface area contributed by atoms with Crippen LogP contribution in [0, 0.1) is 0 Å². The Morgan fingerprint density at radius 2 is 1.67 bits per heavy atom. The Bertz CT molecular complexity index is 1440. The number of amides is 1. The van der Waals surface area contributed by atoms with Crippen molar-refractivity contribution >= 4 is 56.0 Å². The van der Waals surface area contributed by atoms with Crippen molar-refractivity contribution in [2.45, 2.75) is 23.3 Å². The highest BCUT2D eigenvalue weighted by molar-refractivity contribution is 8.18. The average molecular weight is 539 g/mol. The van der Waals surface area contributed by atoms with Crippen molar-refractivity contribution < 1.29 is 13.2 Å². The van der Waals surface area contributed by atoms with Gasteiger partial charge < -0.3 is 4.90 Å². The molecule has 3 aromatic rings. The topological polar surface area (TPSA) is 96.1 Å². The molecule has 1 aliphatic heterocycles. The highest BCUT2D eigenvalue weighted by Crippen LogP contribution is 2.38. The van der Waals surface area contributed by atoms with Gasteiger partial charge in [-0.3, -0.25) is 9.69 Å². The van der Waals surface area contributed by atoms with Crippen LogP contribution in [0.5, 0.6) is 0 Å². The molecule has 0 saturated carbocycles. The zero-order valence-corrected chi connectivity index (χ0v) is 22.5. The smallest absolute Gasteiger partial charge is 0.268 e. The van der Waals surface area contributed by atoms with Gasteiger partial charge in [0, 0.05) is 17.6 Å². The number of rotatable bonds is 7. The molecule has 2 N–H and O–H groups in total. The lowest BCUT2D eigenvalue weighted by molar-refractivity contribution is -0.122. The molecule has 1 heterocycles. The Morgan fingerprint density at radius 1 is 1.03 bits per heavy atom. The van der Waals surface area contributed by atoms with E-state index >= 15 is 0 Å². The van der Waals surface area contributed by atoms with Crippen LogP contribution in [0.3, 0.4) is 0 Å². The molecule has 36 heavy (non-hydrogen) atoms. The average Bonchev–Trinajstić information content (AvgIpc) is 3.18. The van der Waals surface area contributed by atoms with Crippen molar-refractivity contribution in [3.05, 3.63) is 95.0 Å². The fraction of sp³-hybridized carbons (Fsp3) is 0.154. The van der Waals surface area contributed by atoms with Crippen molar-refractivity contribution in [3.8, 4) is 0 Å². The number of nitrogens with zero attached hydrogens (tertiary/aromatic N) is 3. The number of para-hydroxylation sites is 1. The Morgan fingerprint density at radius 3 is 2.31 bits per heavy atom. The molecule has 0 spiro atoms. The summed E-state index contributed by atoms with van der Waals surface area (Å²) < 4.78 is 23.2. The minimum absolute atomic E-state index is 0.00764. The lowest BCUT2D eigenvalue weighted by Gasteiger charge is -2.23. The van der Waals surface area contributed by atoms with Crippen LogP contribution in [0.15, 0.2) is 104 Å². The Hall–Kier alpha value is -3.05. The lowest BCUT2D eigenvalue weighted by Crippen LogP contribution is -2.29. The number of hydrogen-bond acceptors (Lipinski definition) is 7. The summed E-state index contributed by atoms with van der Waals surface area (Å²) in [4.78, 5) is 23.8. The van der Waals surface area contributed by atoms with E-state index in [1.807, 2.05) is 73.7 Å². The molecule has 1 fully saturated rings. The molecular formula is C26H26N4O3S3. The Labute approximate surface area is 220 Å². The van der Waals surface area contributed by atoms with Crippen molar-refractivity contribution in [3.63, 3.8) is 0 Å². The molecule has 0 atom stereocenters. The molecule has 1 amide bonds. The van der Waals surface area contributed by atoms with Gasteiger partial charge in [-0.2, -0.15) is 0 Å². The van der Waals surface area contributed by atoms with E-state index in [1.54, 1.807) is 28.8 Å². The predicted octanol–water partition coefficient (Wildman–Crippen LogP) is 5.19. The number of hydrogen-bond donors (Lipinski definition) is 1. The van der Waals surface area contributed by atoms with Crippen LogP contribution in [0.4, 0.5) is 11.4 Å². The maximum Gasteiger partial charge on any atom is 0.268 e. The number of carbonyl (C=O) groups excluding carboxylic acids is 1. The number of primary sulfonamides is 1. The van der Waals surface area contributed by atoms with E-state index in [2.05, 4.69) is 6.07 Å². The van der Waals surface area contributed by atoms with E-state index < -0.39 is 10.0 Å². The third-order valence-corrected chi connectivity index (χ3v) is 8.60. The number of aliphatic imine (C=N–C) groups is 1. The number of thioether (sulfide) groups is 2. The third kappa shape index (κ3) is 5.67. The van der Waals surface area contributed by atoms with Gasteiger partial charge in [0.1, 0.15) is 0 Å². The maximum absolute atomic E-state index is 13.7. The number of carbonyl (C=O) groups is 1. The fourth-order valence-corrected chi connectivity index (χ4v) is 5.89. The van der Waals surface area contributed by atoms with Crippen molar-refractivity contribution in [1.29, 1.82) is 0 Å². The van der Waals surface area contributed by atoms with E-state index in [0.717, 1.165) is 21.8 Å². The monoisotopic (exact) mass is 538 g/mol. The second kappa shape index (κ2) is 10.9. The summed E-state index contributed by atoms with van der Waals surface area (Å²) in [7, 11) is -1.85. The Kier molecular flexibility index (Phi) is 7.89. The van der Waals surface area contributed by atoms with Gasteiger partial charge in [0.15, 0.2) is 5.17 Å². The first-order valence-corrected chi connectivity index (χ1v) is 14.6. The van der Waals surface area contributed by atoms with Gasteiger partial charge >= 0.3 is 0 Å². The number of amidine groups is 1. The molecule has 0 radical (unpaired) electrons. The van der Waals surface area contributed by atoms with Crippen molar-refractivity contribution in [2.75, 3.05) is 18.2 Å². The molecule has 1 saturated heterocycles. The second-order valence-electron chi connectivity index (χ2n) is 8.06. The standard InChI is InChI=1S/C26H26N4O3S3/c1-18(29(2)22-11-7-8-12-23(22)34-3)24-25(31)30(17-19-9-5-4-6-10-19)26(35-24)28-20-13-15-21(16-14-20)36(27,32)33/h4-16H,17H2,1-3H3,(H2,27,32,33)/b24-18+,28-26-. The molecule has 186 valence electrons. The number of sulfonamides is 1. The first-order valence-electron chi connectivity index (χ1n) is 11.0. The fourth-order valence-electron chi connectivity index (χ4n) is 3.68. The summed E-state index contributed by atoms with van der Waals surface area (Å²) >= 11 is 2.96. The van der Waals surface area contributed by atoms with Crippen molar-refractivity contribution in [1.82, 2.24) is 4.90 Å². The van der Waals surface area contributed by atoms with Gasteiger partial charge in [0.2, 0.25) is 10.0 Å². The highest BCUT2D eigenvalue weighted by atomic mass is 32.2. The van der Waals surface area contributed by atoms with Gasteiger partial charge in [0.05, 0.1) is 27.7 Å². The first-order chi connectivity index (χ1) is 17.2. The minimum Gasteiger partial charge on any atom is -0.346 e. The zero-order chi connectivity index (χ0) is 25.9. The molecule has 4 rings (SSSR count). The summed E-state index contributed by atoms with van der Waals surface area (Å²) in [5.41, 5.74) is 3.33. The third-order valence-electron chi connectivity index (χ3n) is 5.72. The zero-order valence-electron chi connectivity index (χ0n) is 20.1. The van der Waals surface area contributed by atoms with Gasteiger partial charge in [0.25, 0.3) is 5.91 Å². The van der Waals surface area contributed by atoms with Crippen LogP contribution < -0.4 is 10.0 Å². The van der Waals surface area contributed by atoms with Gasteiger partial charge in [-0.1, -0.05) is 42.5 Å². The summed E-state index contributed by atoms with van der Waals surface area (Å²) in [6.07, 6.45) is 2.03. The number of anilines is 1. The molecule has 0 aromatic heterocycles. The van der Waals surface area contributed by atoms with E-state index in [9.17, 15) is 13.2 Å². The molecular weight excluding hydrogens is 513 g/mol. The highest BCUT2D eigenvalue weighted by Gasteiger charge is 2.36. The van der Waals surface area contributed by atoms with Crippen molar-refractivity contribution in [2.24, 2.45) is 10.1 Å². The molecule has 1 aliphatic rings. The normalized spacial score (nSPS) is 16.5. The molecule has 0 unspecified atom stereocenters. The SMILES string of the molecule is CSc1ccccc1N(C)/C(C)=C1/S/C(=N\c2ccc(S(N)(=O)=O)cc2)N(Cc2ccccc2)C1=O. The van der Waals surface area contributed by atoms with Crippen LogP contribution >= 0.6 is 23.5 Å². The van der Waals surface area contributed by atoms with Crippen LogP contribution in [-0.4, -0.2) is 37.7 Å². The number of allylic oxidation sites excluding steroid dienone is 1. The Balaban J connectivity index is 1.74. The molecule has 10 heteroatoms. The minimum atomic E-state index is -3.80. The van der Waals surface area contributed by atoms with E-state index in [4.69, 9.17) is 10.1 Å². The van der Waals surface area contributed by atoms with Crippen LogP contribution in [0.25, 0.3) is 0 Å². The molecule has 0 aliphatic carbocycles. The molecule has 7 nitrogen and oxygen atoms in total. The quantitative estimate of drug-likeness (QED) is 0.329. The summed E-state index contributed by atoms with van der Waals surface area (Å²) in [6, 6.07) is 23.8. The predicted molar refractivity (Wildman–Crippen MR) is 149 cm³/mol. The lowest BCUT2D eigenvalue weighted by atomic mass is 10.2. The largest absolute Gasteiger partial charge is 0.346 e. The second-order valence-corrected chi connectivity index (χ2v) is 11.4. The van der Waals surface area contributed by atoms with Gasteiger partial charge in [-0.15, -0.1) is 11.8 Å². The summed E-state index contributed by atoms with van der Waals surface area (Å²) in [5, 5.41) is 5.73. The van der Waals surface area contributed by atoms with E-state index in [0.29, 0.717) is 22.3 Å². The van der Waals surface area contributed by atoms with Crippen LogP contribution in [-0.2, 0) is 21.4 Å². The van der Waals surface area contributed by atoms with Gasteiger partial charge in [-0.25, -0.2) is 18.5 Å². The van der Waals surface area contributed by atoms with E-state index in [-0.39, 0.29) is 10.8 Å². The maximum atomic E-state index is 13.7. The first kappa shape index (κ1) is 26.0. The summed E-state index contributed by atoms with van der Waals surface area (Å²) in [6.45, 7) is 2.30. The molecule has 0 bridgehead atoms. The van der Waals surface area contributed by atoms with E-state index in [1.165, 1.54) is 23.9 Å². The summed E-state index contributed by atoms with van der Waals surface area (Å²) in [5.74, 6) is -0.130. The number of benzene rings is 3. The molecule has 3 aromatic carbocycles. The van der Waals surface area contributed by atoms with Crippen LogP contribution in [0.1, 0.15) is 12.5 Å². The number of nitrogens with two attached hydrogens (primary N) is 1. The van der Waals surface area contributed by atoms with Crippen LogP contribution in [0.2, 0.25) is 0 Å².